The van der Waals surface area contributed by atoms with Gasteiger partial charge in [0.25, 0.3) is 0 Å². The van der Waals surface area contributed by atoms with Crippen LogP contribution in [0.4, 0.5) is 0 Å². The van der Waals surface area contributed by atoms with E-state index in [4.69, 9.17) is 20.4 Å². The average molecular weight is 181 g/mol. The molecule has 6 nitrogen and oxygen atoms in total. The van der Waals surface area contributed by atoms with E-state index in [0.717, 1.165) is 0 Å². The molecule has 1 rings (SSSR count). The Morgan fingerprint density at radius 1 is 1.25 bits per heavy atom. The summed E-state index contributed by atoms with van der Waals surface area (Å²) in [6, 6.07) is 0. The molecule has 4 atom stereocenters. The van der Waals surface area contributed by atoms with Gasteiger partial charge in [-0.1, -0.05) is 0 Å². The lowest BCUT2D eigenvalue weighted by Gasteiger charge is -2.22. The fourth-order valence-corrected chi connectivity index (χ4v) is 1.15. The van der Waals surface area contributed by atoms with E-state index < -0.39 is 37.3 Å². The summed E-state index contributed by atoms with van der Waals surface area (Å²) in [6.45, 7) is -1.36. The first-order valence-electron chi connectivity index (χ1n) is 3.53. The highest BCUT2D eigenvalue weighted by Gasteiger charge is 2.52. The van der Waals surface area contributed by atoms with E-state index in [-0.39, 0.29) is 0 Å². The lowest BCUT2D eigenvalue weighted by atomic mass is 10.1. The second-order valence-corrected chi connectivity index (χ2v) is 2.78. The summed E-state index contributed by atoms with van der Waals surface area (Å²) < 4.78 is 4.63. The van der Waals surface area contributed by atoms with Crippen LogP contribution in [0.1, 0.15) is 0 Å². The van der Waals surface area contributed by atoms with Crippen LogP contribution in [0.5, 0.6) is 0 Å². The van der Waals surface area contributed by atoms with E-state index >= 15 is 0 Å². The third kappa shape index (κ3) is 1.33. The van der Waals surface area contributed by atoms with Gasteiger partial charge >= 0.3 is 0 Å². The van der Waals surface area contributed by atoms with Crippen molar-refractivity contribution in [2.45, 2.75) is 24.1 Å². The third-order valence-corrected chi connectivity index (χ3v) is 1.93. The van der Waals surface area contributed by atoms with E-state index in [1.807, 2.05) is 0 Å². The second kappa shape index (κ2) is 3.25. The van der Waals surface area contributed by atoms with Crippen molar-refractivity contribution in [1.29, 1.82) is 0 Å². The average Bonchev–Trinajstić information content (AvgIpc) is 2.31. The zero-order chi connectivity index (χ0) is 9.35. The van der Waals surface area contributed by atoms with Crippen LogP contribution >= 0.6 is 0 Å². The number of aliphatic hydroxyl groups excluding tert-OH is 4. The summed E-state index contributed by atoms with van der Waals surface area (Å²) in [5.41, 5.74) is 0. The molecule has 0 radical (unpaired) electrons. The number of rotatable bonds is 2. The van der Waals surface area contributed by atoms with Crippen molar-refractivity contribution < 1.29 is 30.3 Å². The molecule has 0 amide bonds. The summed E-state index contributed by atoms with van der Waals surface area (Å²) in [6.07, 6.45) is -4.04. The molecule has 72 valence electrons. The topological polar surface area (TPSA) is 110 Å². The predicted molar refractivity (Wildman–Crippen MR) is 36.0 cm³/mol. The molecule has 0 spiro atoms. The van der Waals surface area contributed by atoms with Crippen LogP contribution in [0.25, 0.3) is 0 Å². The van der Waals surface area contributed by atoms with Crippen LogP contribution in [0.3, 0.4) is 0 Å². The highest BCUT2D eigenvalue weighted by Crippen LogP contribution is 2.28. The summed E-state index contributed by atoms with van der Waals surface area (Å²) in [5.74, 6) is -2.16. The molecular formula is C6H12O6. The number of aliphatic hydroxyl groups is 5. The molecule has 6 heteroatoms. The summed E-state index contributed by atoms with van der Waals surface area (Å²) in [5, 5.41) is 44.7. The summed E-state index contributed by atoms with van der Waals surface area (Å²) in [7, 11) is 0. The molecule has 1 aliphatic heterocycles. The first-order chi connectivity index (χ1) is 5.55. The van der Waals surface area contributed by atoms with Gasteiger partial charge in [0.1, 0.15) is 18.3 Å². The SMILES string of the molecule is OC[C@H]1OC(O)([13CH2]O)[C@@H](O)[C@@H]1O. The molecular weight excluding hydrogens is 169 g/mol. The minimum Gasteiger partial charge on any atom is -0.394 e. The predicted octanol–water partition coefficient (Wildman–Crippen LogP) is -3.22. The summed E-state index contributed by atoms with van der Waals surface area (Å²) in [4.78, 5) is 0. The molecule has 0 aromatic rings. The Kier molecular flexibility index (Phi) is 2.67. The van der Waals surface area contributed by atoms with Crippen molar-refractivity contribution in [3.05, 3.63) is 0 Å². The highest BCUT2D eigenvalue weighted by atomic mass is 16.7. The smallest absolute Gasteiger partial charge is 0.219 e. The lowest BCUT2D eigenvalue weighted by Crippen LogP contribution is -2.46. The maximum Gasteiger partial charge on any atom is 0.219 e. The molecule has 1 heterocycles. The largest absolute Gasteiger partial charge is 0.394 e. The van der Waals surface area contributed by atoms with Gasteiger partial charge in [0.05, 0.1) is 13.2 Å². The molecule has 12 heavy (non-hydrogen) atoms. The first kappa shape index (κ1) is 9.85. The van der Waals surface area contributed by atoms with Gasteiger partial charge in [-0.25, -0.2) is 0 Å². The minimum absolute atomic E-state index is 0.527. The molecule has 1 unspecified atom stereocenters. The lowest BCUT2D eigenvalue weighted by molar-refractivity contribution is -0.248. The zero-order valence-electron chi connectivity index (χ0n) is 6.29. The van der Waals surface area contributed by atoms with Crippen molar-refractivity contribution >= 4 is 0 Å². The number of hydrogen-bond acceptors (Lipinski definition) is 6. The van der Waals surface area contributed by atoms with Gasteiger partial charge in [0, 0.05) is 0 Å². The molecule has 0 aromatic heterocycles. The number of ether oxygens (including phenoxy) is 1. The van der Waals surface area contributed by atoms with E-state index in [2.05, 4.69) is 4.74 Å². The Morgan fingerprint density at radius 3 is 2.08 bits per heavy atom. The van der Waals surface area contributed by atoms with Crippen LogP contribution in [0.15, 0.2) is 0 Å². The van der Waals surface area contributed by atoms with Crippen LogP contribution in [0.2, 0.25) is 0 Å². The second-order valence-electron chi connectivity index (χ2n) is 2.78. The maximum atomic E-state index is 9.25. The highest BCUT2D eigenvalue weighted by molar-refractivity contribution is 4.94. The molecule has 5 N–H and O–H groups in total. The first-order valence-corrected chi connectivity index (χ1v) is 3.53. The van der Waals surface area contributed by atoms with Crippen molar-refractivity contribution in [2.75, 3.05) is 13.2 Å². The standard InChI is InChI=1S/C6H12O6/c7-1-3-4(9)5(10)6(11,2-8)12-3/h3-5,7-11H,1-2H2/t3-,4-,5+,6?/m1/s1/i2+1. The van der Waals surface area contributed by atoms with Gasteiger partial charge in [-0.2, -0.15) is 0 Å². The Morgan fingerprint density at radius 2 is 1.83 bits per heavy atom. The Hall–Kier alpha value is -0.240. The van der Waals surface area contributed by atoms with E-state index in [0.29, 0.717) is 0 Å². The summed E-state index contributed by atoms with van der Waals surface area (Å²) >= 11 is 0. The van der Waals surface area contributed by atoms with E-state index in [1.54, 1.807) is 0 Å². The van der Waals surface area contributed by atoms with Gasteiger partial charge in [-0.05, 0) is 0 Å². The van der Waals surface area contributed by atoms with Crippen LogP contribution in [-0.4, -0.2) is 62.8 Å². The molecule has 0 aliphatic carbocycles. The van der Waals surface area contributed by atoms with Gasteiger partial charge in [-0.15, -0.1) is 0 Å². The third-order valence-electron chi connectivity index (χ3n) is 1.93. The van der Waals surface area contributed by atoms with Crippen LogP contribution < -0.4 is 0 Å². The van der Waals surface area contributed by atoms with Crippen LogP contribution in [-0.2, 0) is 4.74 Å². The van der Waals surface area contributed by atoms with Crippen LogP contribution in [0, 0.1) is 0 Å². The maximum absolute atomic E-state index is 9.25. The van der Waals surface area contributed by atoms with Gasteiger partial charge < -0.3 is 30.3 Å². The normalized spacial score (nSPS) is 48.2. The van der Waals surface area contributed by atoms with Crippen molar-refractivity contribution in [1.82, 2.24) is 0 Å². The molecule has 1 fully saturated rings. The van der Waals surface area contributed by atoms with Crippen molar-refractivity contribution in [2.24, 2.45) is 0 Å². The van der Waals surface area contributed by atoms with Gasteiger partial charge in [0.2, 0.25) is 5.79 Å². The van der Waals surface area contributed by atoms with Crippen molar-refractivity contribution in [3.63, 3.8) is 0 Å². The Labute approximate surface area is 68.6 Å². The fraction of sp³-hybridized carbons (Fsp3) is 1.00. The fourth-order valence-electron chi connectivity index (χ4n) is 1.15. The molecule has 0 aromatic carbocycles. The Balaban J connectivity index is 2.72. The van der Waals surface area contributed by atoms with E-state index in [1.165, 1.54) is 0 Å². The zero-order valence-corrected chi connectivity index (χ0v) is 6.29. The molecule has 0 bridgehead atoms. The quantitative estimate of drug-likeness (QED) is 0.287. The van der Waals surface area contributed by atoms with E-state index in [9.17, 15) is 5.11 Å². The minimum atomic E-state index is -2.16. The number of hydrogen-bond donors (Lipinski definition) is 5. The van der Waals surface area contributed by atoms with Gasteiger partial charge in [0.15, 0.2) is 0 Å². The Bertz CT molecular complexity index is 162. The molecule has 1 aliphatic rings. The van der Waals surface area contributed by atoms with Gasteiger partial charge in [-0.3, -0.25) is 0 Å². The van der Waals surface area contributed by atoms with Crippen molar-refractivity contribution in [3.8, 4) is 0 Å². The molecule has 0 saturated carbocycles. The monoisotopic (exact) mass is 181 g/mol. The molecule has 1 saturated heterocycles.